The quantitative estimate of drug-likeness (QED) is 0.592. The van der Waals surface area contributed by atoms with Gasteiger partial charge in [0.25, 0.3) is 0 Å². The van der Waals surface area contributed by atoms with Gasteiger partial charge in [0.05, 0.1) is 17.8 Å². The van der Waals surface area contributed by atoms with Crippen molar-refractivity contribution in [3.05, 3.63) is 64.0 Å². The predicted molar refractivity (Wildman–Crippen MR) is 103 cm³/mol. The number of aromatic nitrogens is 2. The first kappa shape index (κ1) is 18.0. The molecule has 1 N–H and O–H groups in total. The minimum absolute atomic E-state index is 0.0289. The van der Waals surface area contributed by atoms with Crippen molar-refractivity contribution in [1.29, 1.82) is 0 Å². The van der Waals surface area contributed by atoms with E-state index in [0.717, 1.165) is 28.3 Å². The number of hydrogen-bond donors (Lipinski definition) is 1. The van der Waals surface area contributed by atoms with E-state index in [0.29, 0.717) is 23.0 Å². The van der Waals surface area contributed by atoms with E-state index in [9.17, 15) is 4.79 Å². The highest BCUT2D eigenvalue weighted by Gasteiger charge is 2.10. The molecule has 0 fully saturated rings. The average Bonchev–Trinajstić information content (AvgIpc) is 3.23. The number of amides is 1. The standard InChI is InChI=1S/C18H17Cl2N3OS/c19-13-2-4-15(16(20)10-13)17-5-3-14(25-17)11-18(24)22-6-1-8-23-9-7-21-12-23/h2-5,7,9-10,12H,1,6,8,11H2,(H,22,24). The number of hydrogen-bond acceptors (Lipinski definition) is 3. The van der Waals surface area contributed by atoms with Crippen LogP contribution < -0.4 is 5.32 Å². The van der Waals surface area contributed by atoms with Gasteiger partial charge in [-0.05, 0) is 30.7 Å². The molecule has 1 amide bonds. The number of rotatable bonds is 7. The molecule has 7 heteroatoms. The molecular formula is C18H17Cl2N3OS. The van der Waals surface area contributed by atoms with Crippen LogP contribution in [-0.4, -0.2) is 22.0 Å². The minimum Gasteiger partial charge on any atom is -0.356 e. The summed E-state index contributed by atoms with van der Waals surface area (Å²) < 4.78 is 1.99. The SMILES string of the molecule is O=C(Cc1ccc(-c2ccc(Cl)cc2Cl)s1)NCCCn1ccnc1. The van der Waals surface area contributed by atoms with Gasteiger partial charge in [-0.25, -0.2) is 4.98 Å². The highest BCUT2D eigenvalue weighted by Crippen LogP contribution is 2.35. The third kappa shape index (κ3) is 5.08. The summed E-state index contributed by atoms with van der Waals surface area (Å²) in [7, 11) is 0. The number of carbonyl (C=O) groups is 1. The summed E-state index contributed by atoms with van der Waals surface area (Å²) in [5.41, 5.74) is 0.933. The summed E-state index contributed by atoms with van der Waals surface area (Å²) in [5.74, 6) is 0.0289. The molecule has 0 radical (unpaired) electrons. The molecular weight excluding hydrogens is 377 g/mol. The van der Waals surface area contributed by atoms with E-state index in [-0.39, 0.29) is 5.91 Å². The first-order valence-electron chi connectivity index (χ1n) is 7.88. The minimum atomic E-state index is 0.0289. The number of aryl methyl sites for hydroxylation is 1. The zero-order valence-corrected chi connectivity index (χ0v) is 15.7. The first-order valence-corrected chi connectivity index (χ1v) is 9.45. The Kier molecular flexibility index (Phi) is 6.13. The fraction of sp³-hybridized carbons (Fsp3) is 0.222. The van der Waals surface area contributed by atoms with Crippen LogP contribution in [0, 0.1) is 0 Å². The molecule has 25 heavy (non-hydrogen) atoms. The number of imidazole rings is 1. The van der Waals surface area contributed by atoms with Crippen LogP contribution in [0.4, 0.5) is 0 Å². The van der Waals surface area contributed by atoms with E-state index >= 15 is 0 Å². The monoisotopic (exact) mass is 393 g/mol. The van der Waals surface area contributed by atoms with Gasteiger partial charge in [0.1, 0.15) is 0 Å². The second-order valence-electron chi connectivity index (χ2n) is 5.57. The molecule has 3 aromatic rings. The van der Waals surface area contributed by atoms with Crippen molar-refractivity contribution in [3.8, 4) is 10.4 Å². The van der Waals surface area contributed by atoms with Crippen LogP contribution in [0.2, 0.25) is 10.0 Å². The van der Waals surface area contributed by atoms with Gasteiger partial charge in [-0.15, -0.1) is 11.3 Å². The maximum Gasteiger partial charge on any atom is 0.225 e. The number of carbonyl (C=O) groups excluding carboxylic acids is 1. The molecule has 0 aliphatic rings. The Labute approximate surface area is 160 Å². The highest BCUT2D eigenvalue weighted by molar-refractivity contribution is 7.15. The normalized spacial score (nSPS) is 10.8. The molecule has 4 nitrogen and oxygen atoms in total. The van der Waals surface area contributed by atoms with Gasteiger partial charge < -0.3 is 9.88 Å². The molecule has 3 rings (SSSR count). The van der Waals surface area contributed by atoms with Crippen molar-refractivity contribution in [2.75, 3.05) is 6.54 Å². The number of halogens is 2. The lowest BCUT2D eigenvalue weighted by Crippen LogP contribution is -2.26. The maximum atomic E-state index is 12.1. The Morgan fingerprint density at radius 2 is 2.12 bits per heavy atom. The highest BCUT2D eigenvalue weighted by atomic mass is 35.5. The van der Waals surface area contributed by atoms with Crippen LogP contribution in [-0.2, 0) is 17.8 Å². The Morgan fingerprint density at radius 3 is 2.88 bits per heavy atom. The van der Waals surface area contributed by atoms with Crippen LogP contribution >= 0.6 is 34.5 Å². The van der Waals surface area contributed by atoms with E-state index in [1.165, 1.54) is 0 Å². The summed E-state index contributed by atoms with van der Waals surface area (Å²) in [5, 5.41) is 4.18. The Balaban J connectivity index is 1.49. The van der Waals surface area contributed by atoms with Crippen LogP contribution in [0.3, 0.4) is 0 Å². The molecule has 2 heterocycles. The van der Waals surface area contributed by atoms with E-state index in [4.69, 9.17) is 23.2 Å². The van der Waals surface area contributed by atoms with Gasteiger partial charge in [-0.3, -0.25) is 4.79 Å². The van der Waals surface area contributed by atoms with E-state index in [2.05, 4.69) is 10.3 Å². The van der Waals surface area contributed by atoms with Gasteiger partial charge in [-0.1, -0.05) is 29.3 Å². The lowest BCUT2D eigenvalue weighted by molar-refractivity contribution is -0.120. The van der Waals surface area contributed by atoms with E-state index in [1.807, 2.05) is 35.0 Å². The second kappa shape index (κ2) is 8.52. The van der Waals surface area contributed by atoms with E-state index < -0.39 is 0 Å². The van der Waals surface area contributed by atoms with Crippen molar-refractivity contribution in [3.63, 3.8) is 0 Å². The number of nitrogens with one attached hydrogen (secondary N) is 1. The van der Waals surface area contributed by atoms with Crippen molar-refractivity contribution in [1.82, 2.24) is 14.9 Å². The Hall–Kier alpha value is -1.82. The molecule has 0 saturated heterocycles. The maximum absolute atomic E-state index is 12.1. The van der Waals surface area contributed by atoms with Gasteiger partial charge in [0.15, 0.2) is 0 Å². The molecule has 0 unspecified atom stereocenters. The average molecular weight is 394 g/mol. The number of benzene rings is 1. The molecule has 0 atom stereocenters. The fourth-order valence-electron chi connectivity index (χ4n) is 2.44. The topological polar surface area (TPSA) is 46.9 Å². The number of nitrogens with zero attached hydrogens (tertiary/aromatic N) is 2. The van der Waals surface area contributed by atoms with Crippen LogP contribution in [0.25, 0.3) is 10.4 Å². The molecule has 0 aliphatic heterocycles. The summed E-state index contributed by atoms with van der Waals surface area (Å²) in [6, 6.07) is 9.40. The summed E-state index contributed by atoms with van der Waals surface area (Å²) >= 11 is 13.7. The molecule has 0 bridgehead atoms. The first-order chi connectivity index (χ1) is 12.1. The van der Waals surface area contributed by atoms with Gasteiger partial charge >= 0.3 is 0 Å². The molecule has 0 aliphatic carbocycles. The lowest BCUT2D eigenvalue weighted by atomic mass is 10.2. The number of thiophene rings is 1. The van der Waals surface area contributed by atoms with Crippen molar-refractivity contribution < 1.29 is 4.79 Å². The molecule has 0 spiro atoms. The lowest BCUT2D eigenvalue weighted by Gasteiger charge is -2.05. The third-order valence-electron chi connectivity index (χ3n) is 3.67. The predicted octanol–water partition coefficient (Wildman–Crippen LogP) is 4.67. The van der Waals surface area contributed by atoms with Crippen molar-refractivity contribution in [2.24, 2.45) is 0 Å². The van der Waals surface area contributed by atoms with Gasteiger partial charge in [0.2, 0.25) is 5.91 Å². The van der Waals surface area contributed by atoms with Gasteiger partial charge in [-0.2, -0.15) is 0 Å². The fourth-order valence-corrected chi connectivity index (χ4v) is 4.05. The second-order valence-corrected chi connectivity index (χ2v) is 7.58. The molecule has 2 aromatic heterocycles. The zero-order valence-electron chi connectivity index (χ0n) is 13.4. The molecule has 0 saturated carbocycles. The smallest absolute Gasteiger partial charge is 0.225 e. The summed E-state index contributed by atoms with van der Waals surface area (Å²) in [4.78, 5) is 18.1. The van der Waals surface area contributed by atoms with Crippen molar-refractivity contribution >= 4 is 40.4 Å². The van der Waals surface area contributed by atoms with Gasteiger partial charge in [0, 0.05) is 45.8 Å². The Morgan fingerprint density at radius 1 is 1.24 bits per heavy atom. The molecule has 1 aromatic carbocycles. The zero-order chi connectivity index (χ0) is 17.6. The van der Waals surface area contributed by atoms with Crippen LogP contribution in [0.5, 0.6) is 0 Å². The Bertz CT molecular complexity index is 846. The van der Waals surface area contributed by atoms with Crippen molar-refractivity contribution in [2.45, 2.75) is 19.4 Å². The summed E-state index contributed by atoms with van der Waals surface area (Å²) in [6.45, 7) is 1.50. The van der Waals surface area contributed by atoms with Crippen LogP contribution in [0.15, 0.2) is 49.1 Å². The van der Waals surface area contributed by atoms with E-state index in [1.54, 1.807) is 29.9 Å². The third-order valence-corrected chi connectivity index (χ3v) is 5.33. The largest absolute Gasteiger partial charge is 0.356 e. The van der Waals surface area contributed by atoms with Crippen LogP contribution in [0.1, 0.15) is 11.3 Å². The molecule has 130 valence electrons. The summed E-state index contributed by atoms with van der Waals surface area (Å²) in [6.07, 6.45) is 6.69.